The number of imidazole rings is 2. The third-order valence-electron chi connectivity index (χ3n) is 11.1. The van der Waals surface area contributed by atoms with Gasteiger partial charge in [0.25, 0.3) is 0 Å². The summed E-state index contributed by atoms with van der Waals surface area (Å²) in [5, 5.41) is 8.03. The summed E-state index contributed by atoms with van der Waals surface area (Å²) in [6, 6.07) is 7.97. The molecule has 17 heteroatoms. The Kier molecular flexibility index (Phi) is 10.2. The lowest BCUT2D eigenvalue weighted by Gasteiger charge is -2.29. The van der Waals surface area contributed by atoms with Gasteiger partial charge < -0.3 is 39.9 Å². The molecule has 0 spiro atoms. The molecule has 16 nitrogen and oxygen atoms in total. The minimum atomic E-state index is -0.715. The van der Waals surface area contributed by atoms with Gasteiger partial charge in [0.05, 0.1) is 64.3 Å². The highest BCUT2D eigenvalue weighted by Gasteiger charge is 2.39. The Balaban J connectivity index is 1.06. The topological polar surface area (TPSA) is 200 Å². The second-order valence-electron chi connectivity index (χ2n) is 15.4. The number of ether oxygens (including phenoxy) is 2. The van der Waals surface area contributed by atoms with E-state index >= 15 is 0 Å². The first kappa shape index (κ1) is 38.1. The third kappa shape index (κ3) is 6.97. The molecule has 0 unspecified atom stereocenters. The van der Waals surface area contributed by atoms with Crippen LogP contribution in [0, 0.1) is 11.8 Å². The Bertz CT molecular complexity index is 2530. The molecule has 2 aromatic carbocycles. The molecule has 0 aliphatic carbocycles. The molecule has 4 N–H and O–H groups in total. The van der Waals surface area contributed by atoms with Gasteiger partial charge in [-0.3, -0.25) is 14.6 Å². The van der Waals surface area contributed by atoms with Crippen LogP contribution in [0.25, 0.3) is 53.8 Å². The number of nitrogens with one attached hydrogen (secondary N) is 4. The summed E-state index contributed by atoms with van der Waals surface area (Å²) in [4.78, 5) is 81.8. The predicted octanol–water partition coefficient (Wildman–Crippen LogP) is 6.35. The maximum atomic E-state index is 13.7. The van der Waals surface area contributed by atoms with Crippen LogP contribution in [0.1, 0.15) is 77.1 Å². The molecule has 6 aromatic rings. The van der Waals surface area contributed by atoms with Gasteiger partial charge in [-0.05, 0) is 67.2 Å². The molecule has 0 bridgehead atoms. The lowest BCUT2D eigenvalue weighted by molar-refractivity contribution is -0.136. The van der Waals surface area contributed by atoms with E-state index in [-0.39, 0.29) is 35.7 Å². The van der Waals surface area contributed by atoms with Gasteiger partial charge in [-0.25, -0.2) is 24.5 Å². The van der Waals surface area contributed by atoms with Crippen LogP contribution in [-0.4, -0.2) is 103 Å². The van der Waals surface area contributed by atoms with E-state index in [4.69, 9.17) is 29.4 Å². The molecule has 2 fully saturated rings. The van der Waals surface area contributed by atoms with Crippen molar-refractivity contribution in [2.24, 2.45) is 11.8 Å². The van der Waals surface area contributed by atoms with Crippen LogP contribution < -0.4 is 10.6 Å². The molecule has 4 atom stereocenters. The molecule has 0 radical (unpaired) electrons. The van der Waals surface area contributed by atoms with Crippen molar-refractivity contribution in [1.29, 1.82) is 0 Å². The van der Waals surface area contributed by atoms with Crippen molar-refractivity contribution >= 4 is 78.4 Å². The van der Waals surface area contributed by atoms with Crippen molar-refractivity contribution < 1.29 is 28.7 Å². The molecule has 6 heterocycles. The molecule has 4 aromatic heterocycles. The Morgan fingerprint density at radius 2 is 1.28 bits per heavy atom. The van der Waals surface area contributed by atoms with Gasteiger partial charge in [-0.15, -0.1) is 11.3 Å². The summed E-state index contributed by atoms with van der Waals surface area (Å²) in [5.74, 6) is 0.832. The van der Waals surface area contributed by atoms with Gasteiger partial charge in [0, 0.05) is 24.7 Å². The number of nitrogens with zero attached hydrogens (tertiary/aromatic N) is 6. The number of alkyl carbamates (subject to hydrolysis) is 2. The second kappa shape index (κ2) is 15.2. The summed E-state index contributed by atoms with van der Waals surface area (Å²) < 4.78 is 10.5. The van der Waals surface area contributed by atoms with Crippen molar-refractivity contribution in [1.82, 2.24) is 50.3 Å². The molecule has 298 valence electrons. The van der Waals surface area contributed by atoms with E-state index in [9.17, 15) is 19.2 Å². The number of likely N-dealkylation sites (tertiary alicyclic amines) is 2. The fourth-order valence-corrected chi connectivity index (χ4v) is 9.16. The number of aromatic amines is 2. The Morgan fingerprint density at radius 1 is 0.754 bits per heavy atom. The SMILES string of the molecule is COC(=O)N[C@H](C(=O)N1CCC[C@H]1c1nc2ccc3cc(-c4nc5ccc6nc([C@@H]7CCCN7C(=O)[C@@H](NC(=O)OC)C(C)C)[nH]c6c5s4)ncc3c2[nH]1)C(C)C. The molecule has 57 heavy (non-hydrogen) atoms. The van der Waals surface area contributed by atoms with Gasteiger partial charge in [-0.1, -0.05) is 33.8 Å². The molecule has 0 saturated carbocycles. The maximum Gasteiger partial charge on any atom is 0.407 e. The minimum absolute atomic E-state index is 0.127. The van der Waals surface area contributed by atoms with Crippen molar-refractivity contribution in [3.05, 3.63) is 48.2 Å². The van der Waals surface area contributed by atoms with Crippen LogP contribution in [-0.2, 0) is 19.1 Å². The molecule has 2 aliphatic heterocycles. The first-order chi connectivity index (χ1) is 27.4. The summed E-state index contributed by atoms with van der Waals surface area (Å²) in [6.07, 6.45) is 3.72. The molecule has 2 saturated heterocycles. The summed E-state index contributed by atoms with van der Waals surface area (Å²) in [7, 11) is 2.57. The monoisotopic (exact) mass is 794 g/mol. The molecule has 4 amide bonds. The number of fused-ring (bicyclic) bond motifs is 6. The Labute approximate surface area is 332 Å². The van der Waals surface area contributed by atoms with Crippen molar-refractivity contribution in [2.75, 3.05) is 27.3 Å². The first-order valence-corrected chi connectivity index (χ1v) is 20.1. The average Bonchev–Trinajstić information content (AvgIpc) is 4.05. The number of pyridine rings is 1. The molecular weight excluding hydrogens is 749 g/mol. The van der Waals surface area contributed by atoms with E-state index in [1.54, 1.807) is 4.90 Å². The zero-order valence-electron chi connectivity index (χ0n) is 32.7. The highest BCUT2D eigenvalue weighted by atomic mass is 32.1. The van der Waals surface area contributed by atoms with Crippen LogP contribution in [0.4, 0.5) is 9.59 Å². The molecular formula is C40H46N10O6S. The number of benzene rings is 2. The van der Waals surface area contributed by atoms with E-state index in [1.165, 1.54) is 25.6 Å². The fourth-order valence-electron chi connectivity index (χ4n) is 8.13. The number of carbonyl (C=O) groups is 4. The van der Waals surface area contributed by atoms with Crippen molar-refractivity contribution in [3.8, 4) is 10.7 Å². The van der Waals surface area contributed by atoms with Gasteiger partial charge in [0.2, 0.25) is 11.8 Å². The fraction of sp³-hybridized carbons (Fsp3) is 0.450. The minimum Gasteiger partial charge on any atom is -0.453 e. The van der Waals surface area contributed by atoms with Gasteiger partial charge in [-0.2, -0.15) is 0 Å². The molecule has 2 aliphatic rings. The number of carbonyl (C=O) groups excluding carboxylic acids is 4. The quantitative estimate of drug-likeness (QED) is 0.128. The van der Waals surface area contributed by atoms with E-state index in [0.717, 1.165) is 79.4 Å². The number of aromatic nitrogens is 6. The van der Waals surface area contributed by atoms with E-state index in [1.807, 2.05) is 69.1 Å². The smallest absolute Gasteiger partial charge is 0.407 e. The number of hydrogen-bond acceptors (Lipinski definition) is 11. The van der Waals surface area contributed by atoms with Crippen LogP contribution in [0.3, 0.4) is 0 Å². The van der Waals surface area contributed by atoms with Crippen LogP contribution in [0.5, 0.6) is 0 Å². The lowest BCUT2D eigenvalue weighted by atomic mass is 10.0. The van der Waals surface area contributed by atoms with Crippen molar-refractivity contribution in [3.63, 3.8) is 0 Å². The Hall–Kier alpha value is -5.84. The van der Waals surface area contributed by atoms with E-state index in [2.05, 4.69) is 20.6 Å². The predicted molar refractivity (Wildman–Crippen MR) is 215 cm³/mol. The van der Waals surface area contributed by atoms with Crippen molar-refractivity contribution in [2.45, 2.75) is 77.5 Å². The number of amides is 4. The first-order valence-electron chi connectivity index (χ1n) is 19.3. The van der Waals surface area contributed by atoms with Crippen LogP contribution in [0.15, 0.2) is 36.5 Å². The summed E-state index contributed by atoms with van der Waals surface area (Å²) >= 11 is 1.53. The normalized spacial score (nSPS) is 18.3. The zero-order chi connectivity index (χ0) is 40.1. The number of rotatable bonds is 9. The zero-order valence-corrected chi connectivity index (χ0v) is 33.5. The van der Waals surface area contributed by atoms with Crippen LogP contribution >= 0.6 is 11.3 Å². The van der Waals surface area contributed by atoms with E-state index in [0.29, 0.717) is 24.7 Å². The van der Waals surface area contributed by atoms with E-state index < -0.39 is 24.3 Å². The standard InChI is InChI=1S/C40H46N10O6S/c1-19(2)29(47-39(53)55-5)37(51)49-15-7-9-27(49)34-42-23-12-11-21-17-26(41-18-22(21)31(23)45-34)36-44-25-14-13-24-32(33(25)57-36)46-35(43-24)28-10-8-16-50(28)38(52)30(20(3)4)48-40(54)56-6/h11-14,17-20,27-30H,7-10,15-16H2,1-6H3,(H,42,45)(H,43,46)(H,47,53)(H,48,54)/t27-,28-,29-,30-/m0/s1. The summed E-state index contributed by atoms with van der Waals surface area (Å²) in [6.45, 7) is 8.73. The lowest BCUT2D eigenvalue weighted by Crippen LogP contribution is -2.51. The third-order valence-corrected chi connectivity index (χ3v) is 12.2. The average molecular weight is 795 g/mol. The number of thiazole rings is 1. The number of H-pyrrole nitrogens is 2. The van der Waals surface area contributed by atoms with Gasteiger partial charge in [0.1, 0.15) is 28.7 Å². The highest BCUT2D eigenvalue weighted by Crippen LogP contribution is 2.39. The van der Waals surface area contributed by atoms with Gasteiger partial charge >= 0.3 is 12.2 Å². The maximum absolute atomic E-state index is 13.7. The number of methoxy groups -OCH3 is 2. The Morgan fingerprint density at radius 3 is 1.84 bits per heavy atom. The van der Waals surface area contributed by atoms with Gasteiger partial charge in [0.15, 0.2) is 0 Å². The highest BCUT2D eigenvalue weighted by molar-refractivity contribution is 7.22. The second-order valence-corrected chi connectivity index (χ2v) is 16.4. The van der Waals surface area contributed by atoms with Crippen LogP contribution in [0.2, 0.25) is 0 Å². The largest absolute Gasteiger partial charge is 0.453 e. The molecule has 8 rings (SSSR count). The summed E-state index contributed by atoms with van der Waals surface area (Å²) in [5.41, 5.74) is 4.79. The number of hydrogen-bond donors (Lipinski definition) is 4.